The third kappa shape index (κ3) is 4.59. The van der Waals surface area contributed by atoms with Crippen LogP contribution >= 0.6 is 0 Å². The summed E-state index contributed by atoms with van der Waals surface area (Å²) in [5.74, 6) is 0.354. The summed E-state index contributed by atoms with van der Waals surface area (Å²) in [4.78, 5) is 17.7. The van der Waals surface area contributed by atoms with Gasteiger partial charge in [-0.2, -0.15) is 0 Å². The number of aliphatic imine (C=N–C) groups is 1. The van der Waals surface area contributed by atoms with Crippen LogP contribution in [0.5, 0.6) is 0 Å². The Labute approximate surface area is 143 Å². The largest absolute Gasteiger partial charge is 0.370 e. The van der Waals surface area contributed by atoms with Crippen LogP contribution in [0.3, 0.4) is 0 Å². The number of hydrogen-bond acceptors (Lipinski definition) is 2. The van der Waals surface area contributed by atoms with E-state index in [1.165, 1.54) is 11.1 Å². The summed E-state index contributed by atoms with van der Waals surface area (Å²) in [7, 11) is 3.47. The van der Waals surface area contributed by atoms with Crippen LogP contribution in [0.2, 0.25) is 0 Å². The second-order valence-corrected chi connectivity index (χ2v) is 6.02. The van der Waals surface area contributed by atoms with Gasteiger partial charge in [-0.25, -0.2) is 4.99 Å². The lowest BCUT2D eigenvalue weighted by Crippen LogP contribution is -2.22. The Balaban J connectivity index is 1.99. The van der Waals surface area contributed by atoms with Crippen LogP contribution in [0.15, 0.2) is 47.5 Å². The first-order chi connectivity index (χ1) is 11.4. The van der Waals surface area contributed by atoms with E-state index in [2.05, 4.69) is 24.2 Å². The summed E-state index contributed by atoms with van der Waals surface area (Å²) in [5.41, 5.74) is 11.0. The molecule has 126 valence electrons. The van der Waals surface area contributed by atoms with E-state index in [1.807, 2.05) is 30.3 Å². The van der Waals surface area contributed by atoms with Crippen molar-refractivity contribution in [1.29, 1.82) is 0 Å². The zero-order valence-electron chi connectivity index (χ0n) is 14.6. The molecule has 3 N–H and O–H groups in total. The van der Waals surface area contributed by atoms with Crippen molar-refractivity contribution in [3.05, 3.63) is 64.7 Å². The number of aryl methyl sites for hydroxylation is 2. The summed E-state index contributed by atoms with van der Waals surface area (Å²) in [6.07, 6.45) is 0. The summed E-state index contributed by atoms with van der Waals surface area (Å²) >= 11 is 0. The van der Waals surface area contributed by atoms with Gasteiger partial charge < -0.3 is 16.0 Å². The van der Waals surface area contributed by atoms with Crippen LogP contribution in [0.4, 0.5) is 5.69 Å². The first kappa shape index (κ1) is 17.5. The molecule has 2 aromatic carbocycles. The molecule has 0 atom stereocenters. The van der Waals surface area contributed by atoms with Crippen LogP contribution in [0, 0.1) is 13.8 Å². The van der Waals surface area contributed by atoms with Gasteiger partial charge in [-0.3, -0.25) is 4.79 Å². The molecule has 0 spiro atoms. The van der Waals surface area contributed by atoms with Crippen molar-refractivity contribution in [1.82, 2.24) is 4.90 Å². The maximum atomic E-state index is 11.8. The lowest BCUT2D eigenvalue weighted by atomic mass is 10.1. The number of benzene rings is 2. The molecule has 0 aliphatic rings. The molecule has 1 amide bonds. The van der Waals surface area contributed by atoms with E-state index >= 15 is 0 Å². The first-order valence-corrected chi connectivity index (χ1v) is 7.81. The van der Waals surface area contributed by atoms with Crippen molar-refractivity contribution in [3.8, 4) is 0 Å². The molecule has 2 aromatic rings. The minimum atomic E-state index is -0.0130. The van der Waals surface area contributed by atoms with Crippen LogP contribution in [0.25, 0.3) is 0 Å². The first-order valence-electron chi connectivity index (χ1n) is 7.81. The normalized spacial score (nSPS) is 11.2. The topological polar surface area (TPSA) is 70.7 Å². The van der Waals surface area contributed by atoms with Gasteiger partial charge in [0.2, 0.25) is 0 Å². The highest BCUT2D eigenvalue weighted by Crippen LogP contribution is 2.14. The molecule has 0 fully saturated rings. The maximum Gasteiger partial charge on any atom is 0.253 e. The highest BCUT2D eigenvalue weighted by atomic mass is 16.2. The molecule has 0 aliphatic heterocycles. The van der Waals surface area contributed by atoms with Gasteiger partial charge in [0.15, 0.2) is 5.96 Å². The number of guanidine groups is 1. The molecule has 0 heterocycles. The SMILES string of the molecule is Cc1ccc(NC(N)=NCc2ccc(C(=O)N(C)C)cc2)cc1C. The third-order valence-electron chi connectivity index (χ3n) is 3.82. The number of nitrogens with one attached hydrogen (secondary N) is 1. The Bertz CT molecular complexity index is 748. The molecule has 24 heavy (non-hydrogen) atoms. The van der Waals surface area contributed by atoms with Crippen LogP contribution < -0.4 is 11.1 Å². The number of carbonyl (C=O) groups is 1. The molecule has 2 rings (SSSR count). The van der Waals surface area contributed by atoms with Crippen LogP contribution in [-0.4, -0.2) is 30.9 Å². The number of nitrogens with zero attached hydrogens (tertiary/aromatic N) is 2. The van der Waals surface area contributed by atoms with Crippen molar-refractivity contribution >= 4 is 17.6 Å². The van der Waals surface area contributed by atoms with E-state index in [-0.39, 0.29) is 5.91 Å². The Kier molecular flexibility index (Phi) is 5.58. The fourth-order valence-corrected chi connectivity index (χ4v) is 2.19. The molecule has 0 bridgehead atoms. The van der Waals surface area contributed by atoms with Gasteiger partial charge in [-0.05, 0) is 54.8 Å². The highest BCUT2D eigenvalue weighted by Gasteiger charge is 2.07. The summed E-state index contributed by atoms with van der Waals surface area (Å²) in [6, 6.07) is 13.5. The van der Waals surface area contributed by atoms with Crippen molar-refractivity contribution in [2.75, 3.05) is 19.4 Å². The fraction of sp³-hybridized carbons (Fsp3) is 0.263. The zero-order chi connectivity index (χ0) is 17.7. The quantitative estimate of drug-likeness (QED) is 0.671. The monoisotopic (exact) mass is 324 g/mol. The van der Waals surface area contributed by atoms with Gasteiger partial charge in [-0.15, -0.1) is 0 Å². The molecule has 0 saturated heterocycles. The third-order valence-corrected chi connectivity index (χ3v) is 3.82. The lowest BCUT2D eigenvalue weighted by molar-refractivity contribution is 0.0827. The summed E-state index contributed by atoms with van der Waals surface area (Å²) in [5, 5.41) is 3.09. The predicted octanol–water partition coefficient (Wildman–Crippen LogP) is 2.93. The number of anilines is 1. The number of hydrogen-bond donors (Lipinski definition) is 2. The smallest absolute Gasteiger partial charge is 0.253 e. The Morgan fingerprint density at radius 2 is 1.75 bits per heavy atom. The van der Waals surface area contributed by atoms with E-state index in [0.29, 0.717) is 18.1 Å². The maximum absolute atomic E-state index is 11.8. The zero-order valence-corrected chi connectivity index (χ0v) is 14.6. The second kappa shape index (κ2) is 7.64. The average Bonchev–Trinajstić information content (AvgIpc) is 2.56. The Morgan fingerprint density at radius 3 is 2.33 bits per heavy atom. The molecule has 0 radical (unpaired) electrons. The Hall–Kier alpha value is -2.82. The van der Waals surface area contributed by atoms with Crippen molar-refractivity contribution in [3.63, 3.8) is 0 Å². The van der Waals surface area contributed by atoms with E-state index in [0.717, 1.165) is 11.3 Å². The van der Waals surface area contributed by atoms with Crippen LogP contribution in [0.1, 0.15) is 27.0 Å². The molecular weight excluding hydrogens is 300 g/mol. The second-order valence-electron chi connectivity index (χ2n) is 6.02. The van der Waals surface area contributed by atoms with Gasteiger partial charge in [-0.1, -0.05) is 18.2 Å². The van der Waals surface area contributed by atoms with Crippen molar-refractivity contribution in [2.24, 2.45) is 10.7 Å². The number of rotatable bonds is 4. The predicted molar refractivity (Wildman–Crippen MR) is 99.3 cm³/mol. The molecule has 5 nitrogen and oxygen atoms in total. The van der Waals surface area contributed by atoms with Crippen molar-refractivity contribution < 1.29 is 4.79 Å². The molecule has 0 saturated carbocycles. The van der Waals surface area contributed by atoms with Gasteiger partial charge >= 0.3 is 0 Å². The van der Waals surface area contributed by atoms with Crippen LogP contribution in [-0.2, 0) is 6.54 Å². The van der Waals surface area contributed by atoms with E-state index in [1.54, 1.807) is 31.1 Å². The molecule has 0 unspecified atom stereocenters. The summed E-state index contributed by atoms with van der Waals surface area (Å²) in [6.45, 7) is 4.59. The minimum absolute atomic E-state index is 0.0130. The van der Waals surface area contributed by atoms with E-state index in [4.69, 9.17) is 5.73 Å². The van der Waals surface area contributed by atoms with Gasteiger partial charge in [0.05, 0.1) is 6.54 Å². The van der Waals surface area contributed by atoms with Gasteiger partial charge in [0.1, 0.15) is 0 Å². The molecule has 0 aromatic heterocycles. The van der Waals surface area contributed by atoms with Crippen molar-refractivity contribution in [2.45, 2.75) is 20.4 Å². The average molecular weight is 324 g/mol. The molecule has 5 heteroatoms. The van der Waals surface area contributed by atoms with E-state index in [9.17, 15) is 4.79 Å². The fourth-order valence-electron chi connectivity index (χ4n) is 2.19. The summed E-state index contributed by atoms with van der Waals surface area (Å²) < 4.78 is 0. The highest BCUT2D eigenvalue weighted by molar-refractivity contribution is 5.94. The lowest BCUT2D eigenvalue weighted by Gasteiger charge is -2.10. The standard InChI is InChI=1S/C19H24N4O/c1-13-5-10-17(11-14(13)2)22-19(20)21-12-15-6-8-16(9-7-15)18(24)23(3)4/h5-11H,12H2,1-4H3,(H3,20,21,22). The Morgan fingerprint density at radius 1 is 1.08 bits per heavy atom. The molecular formula is C19H24N4O. The van der Waals surface area contributed by atoms with Gasteiger partial charge in [0.25, 0.3) is 5.91 Å². The molecule has 0 aliphatic carbocycles. The van der Waals surface area contributed by atoms with Gasteiger partial charge in [0, 0.05) is 25.3 Å². The van der Waals surface area contributed by atoms with E-state index < -0.39 is 0 Å². The number of amides is 1. The number of nitrogens with two attached hydrogens (primary N) is 1. The minimum Gasteiger partial charge on any atom is -0.370 e. The number of carbonyl (C=O) groups excluding carboxylic acids is 1.